The molecule has 1 aliphatic rings. The Bertz CT molecular complexity index is 529. The fraction of sp³-hybridized carbons (Fsp3) is 0.467. The molecule has 1 aliphatic heterocycles. The summed E-state index contributed by atoms with van der Waals surface area (Å²) in [6.45, 7) is 4.60. The van der Waals surface area contributed by atoms with Gasteiger partial charge in [0.25, 0.3) is 5.91 Å². The van der Waals surface area contributed by atoms with E-state index in [2.05, 4.69) is 0 Å². The molecular formula is C15H19NO5. The molecular weight excluding hydrogens is 274 g/mol. The third-order valence-corrected chi connectivity index (χ3v) is 3.03. The Morgan fingerprint density at radius 3 is 2.71 bits per heavy atom. The second-order valence-electron chi connectivity index (χ2n) is 4.60. The van der Waals surface area contributed by atoms with E-state index in [1.165, 1.54) is 4.90 Å². The molecule has 1 amide bonds. The Morgan fingerprint density at radius 1 is 1.24 bits per heavy atom. The molecule has 0 saturated heterocycles. The molecule has 0 aromatic heterocycles. The third kappa shape index (κ3) is 3.65. The van der Waals surface area contributed by atoms with E-state index in [-0.39, 0.29) is 19.2 Å². The summed E-state index contributed by atoms with van der Waals surface area (Å²) in [7, 11) is 0. The lowest BCUT2D eigenvalue weighted by atomic mass is 10.1. The van der Waals surface area contributed by atoms with Crippen molar-refractivity contribution in [2.24, 2.45) is 0 Å². The van der Waals surface area contributed by atoms with E-state index < -0.39 is 5.97 Å². The van der Waals surface area contributed by atoms with E-state index in [1.807, 2.05) is 6.92 Å². The third-order valence-electron chi connectivity index (χ3n) is 3.03. The molecule has 1 heterocycles. The molecule has 0 N–H and O–H groups in total. The maximum atomic E-state index is 12.5. The van der Waals surface area contributed by atoms with E-state index >= 15 is 0 Å². The van der Waals surface area contributed by atoms with Gasteiger partial charge in [0, 0.05) is 12.1 Å². The fourth-order valence-electron chi connectivity index (χ4n) is 2.10. The summed E-state index contributed by atoms with van der Waals surface area (Å²) in [4.78, 5) is 25.6. The molecule has 0 atom stereocenters. The lowest BCUT2D eigenvalue weighted by Crippen LogP contribution is -2.37. The Hall–Kier alpha value is -2.24. The quantitative estimate of drug-likeness (QED) is 0.749. The van der Waals surface area contributed by atoms with Crippen LogP contribution in [0.2, 0.25) is 0 Å². The van der Waals surface area contributed by atoms with Gasteiger partial charge in [-0.05, 0) is 31.5 Å². The summed E-state index contributed by atoms with van der Waals surface area (Å²) in [5.41, 5.74) is 0.469. The van der Waals surface area contributed by atoms with Crippen LogP contribution < -0.4 is 9.47 Å². The number of benzene rings is 1. The Kier molecular flexibility index (Phi) is 5.03. The number of hydrogen-bond acceptors (Lipinski definition) is 5. The van der Waals surface area contributed by atoms with E-state index in [1.54, 1.807) is 25.1 Å². The summed E-state index contributed by atoms with van der Waals surface area (Å²) >= 11 is 0. The van der Waals surface area contributed by atoms with Gasteiger partial charge in [0.15, 0.2) is 11.5 Å². The van der Waals surface area contributed by atoms with Crippen LogP contribution >= 0.6 is 0 Å². The van der Waals surface area contributed by atoms with Crippen LogP contribution in [-0.4, -0.2) is 43.3 Å². The highest BCUT2D eigenvalue weighted by Gasteiger charge is 2.21. The van der Waals surface area contributed by atoms with Crippen LogP contribution in [0.4, 0.5) is 0 Å². The lowest BCUT2D eigenvalue weighted by molar-refractivity contribution is -0.143. The molecule has 0 spiro atoms. The van der Waals surface area contributed by atoms with Gasteiger partial charge in [0.2, 0.25) is 6.79 Å². The average Bonchev–Trinajstić information content (AvgIpc) is 2.93. The van der Waals surface area contributed by atoms with E-state index in [9.17, 15) is 9.59 Å². The molecule has 1 aromatic rings. The van der Waals surface area contributed by atoms with Crippen LogP contribution in [-0.2, 0) is 9.53 Å². The van der Waals surface area contributed by atoms with Gasteiger partial charge in [0.05, 0.1) is 6.61 Å². The van der Waals surface area contributed by atoms with Gasteiger partial charge in [-0.3, -0.25) is 9.59 Å². The number of amides is 1. The number of esters is 1. The zero-order valence-electron chi connectivity index (χ0n) is 12.3. The topological polar surface area (TPSA) is 65.1 Å². The highest BCUT2D eigenvalue weighted by molar-refractivity contribution is 5.96. The van der Waals surface area contributed by atoms with E-state index in [0.717, 1.165) is 6.42 Å². The average molecular weight is 293 g/mol. The molecule has 114 valence electrons. The fourth-order valence-corrected chi connectivity index (χ4v) is 2.10. The second kappa shape index (κ2) is 6.97. The summed E-state index contributed by atoms with van der Waals surface area (Å²) in [5, 5.41) is 0. The van der Waals surface area contributed by atoms with Crippen LogP contribution in [0.1, 0.15) is 30.6 Å². The van der Waals surface area contributed by atoms with Crippen LogP contribution in [0.25, 0.3) is 0 Å². The Labute approximate surface area is 123 Å². The predicted molar refractivity (Wildman–Crippen MR) is 75.4 cm³/mol. The molecule has 1 aromatic carbocycles. The Balaban J connectivity index is 2.12. The minimum Gasteiger partial charge on any atom is -0.465 e. The first-order valence-electron chi connectivity index (χ1n) is 7.00. The first-order chi connectivity index (χ1) is 10.2. The zero-order chi connectivity index (χ0) is 15.2. The molecule has 0 bridgehead atoms. The molecule has 21 heavy (non-hydrogen) atoms. The van der Waals surface area contributed by atoms with Crippen LogP contribution in [0.5, 0.6) is 11.5 Å². The molecule has 2 rings (SSSR count). The summed E-state index contributed by atoms with van der Waals surface area (Å²) in [5.74, 6) is 0.552. The highest BCUT2D eigenvalue weighted by Crippen LogP contribution is 2.32. The van der Waals surface area contributed by atoms with Crippen molar-refractivity contribution in [3.63, 3.8) is 0 Å². The van der Waals surface area contributed by atoms with Gasteiger partial charge < -0.3 is 19.1 Å². The molecule has 6 heteroatoms. The second-order valence-corrected chi connectivity index (χ2v) is 4.60. The van der Waals surface area contributed by atoms with Crippen molar-refractivity contribution in [2.75, 3.05) is 26.5 Å². The van der Waals surface area contributed by atoms with Gasteiger partial charge in [-0.1, -0.05) is 6.92 Å². The van der Waals surface area contributed by atoms with Gasteiger partial charge in [-0.25, -0.2) is 0 Å². The minimum atomic E-state index is -0.403. The summed E-state index contributed by atoms with van der Waals surface area (Å²) in [6, 6.07) is 5.01. The number of carbonyl (C=O) groups excluding carboxylic acids is 2. The van der Waals surface area contributed by atoms with Crippen molar-refractivity contribution in [2.45, 2.75) is 20.3 Å². The minimum absolute atomic E-state index is 0.0467. The first-order valence-corrected chi connectivity index (χ1v) is 7.00. The SMILES string of the molecule is CCCN(CC(=O)OCC)C(=O)c1ccc2c(c1)OCO2. The standard InChI is InChI=1S/C15H19NO5/c1-3-7-16(9-14(17)19-4-2)15(18)11-5-6-12-13(8-11)21-10-20-12/h5-6,8H,3-4,7,9-10H2,1-2H3. The predicted octanol–water partition coefficient (Wildman–Crippen LogP) is 1.83. The number of rotatable bonds is 6. The van der Waals surface area contributed by atoms with Gasteiger partial charge >= 0.3 is 5.97 Å². The van der Waals surface area contributed by atoms with Gasteiger partial charge in [-0.15, -0.1) is 0 Å². The van der Waals surface area contributed by atoms with Crippen molar-refractivity contribution in [3.8, 4) is 11.5 Å². The first kappa shape index (κ1) is 15.2. The van der Waals surface area contributed by atoms with Crippen LogP contribution in [0, 0.1) is 0 Å². The maximum absolute atomic E-state index is 12.5. The van der Waals surface area contributed by atoms with Crippen LogP contribution in [0.15, 0.2) is 18.2 Å². The highest BCUT2D eigenvalue weighted by atomic mass is 16.7. The van der Waals surface area contributed by atoms with Crippen molar-refractivity contribution in [1.29, 1.82) is 0 Å². The smallest absolute Gasteiger partial charge is 0.325 e. The number of ether oxygens (including phenoxy) is 3. The summed E-state index contributed by atoms with van der Waals surface area (Å²) in [6.07, 6.45) is 0.760. The molecule has 0 saturated carbocycles. The monoisotopic (exact) mass is 293 g/mol. The number of carbonyl (C=O) groups is 2. The lowest BCUT2D eigenvalue weighted by Gasteiger charge is -2.21. The largest absolute Gasteiger partial charge is 0.465 e. The van der Waals surface area contributed by atoms with Gasteiger partial charge in [-0.2, -0.15) is 0 Å². The van der Waals surface area contributed by atoms with E-state index in [4.69, 9.17) is 14.2 Å². The molecule has 0 aliphatic carbocycles. The molecule has 0 radical (unpaired) electrons. The van der Waals surface area contributed by atoms with E-state index in [0.29, 0.717) is 30.2 Å². The van der Waals surface area contributed by atoms with Crippen molar-refractivity contribution < 1.29 is 23.8 Å². The number of fused-ring (bicyclic) bond motifs is 1. The molecule has 6 nitrogen and oxygen atoms in total. The van der Waals surface area contributed by atoms with Crippen molar-refractivity contribution in [1.82, 2.24) is 4.90 Å². The normalized spacial score (nSPS) is 12.1. The molecule has 0 unspecified atom stereocenters. The molecule has 0 fully saturated rings. The van der Waals surface area contributed by atoms with Gasteiger partial charge in [0.1, 0.15) is 6.54 Å². The number of nitrogens with zero attached hydrogens (tertiary/aromatic N) is 1. The van der Waals surface area contributed by atoms with Crippen molar-refractivity contribution in [3.05, 3.63) is 23.8 Å². The van der Waals surface area contributed by atoms with Crippen LogP contribution in [0.3, 0.4) is 0 Å². The zero-order valence-corrected chi connectivity index (χ0v) is 12.3. The Morgan fingerprint density at radius 2 is 2.00 bits per heavy atom. The summed E-state index contributed by atoms with van der Waals surface area (Å²) < 4.78 is 15.4. The maximum Gasteiger partial charge on any atom is 0.325 e. The number of hydrogen-bond donors (Lipinski definition) is 0. The van der Waals surface area contributed by atoms with Crippen molar-refractivity contribution >= 4 is 11.9 Å².